The summed E-state index contributed by atoms with van der Waals surface area (Å²) in [6.07, 6.45) is 0. The number of aromatic nitrogens is 1. The molecule has 0 aliphatic heterocycles. The second kappa shape index (κ2) is 8.65. The molecule has 3 rings (SSSR count). The van der Waals surface area contributed by atoms with Crippen LogP contribution in [0.1, 0.15) is 40.0 Å². The fourth-order valence-corrected chi connectivity index (χ4v) is 3.07. The predicted octanol–water partition coefficient (Wildman–Crippen LogP) is 3.93. The average molecular weight is 376 g/mol. The van der Waals surface area contributed by atoms with Crippen molar-refractivity contribution >= 4 is 22.8 Å². The van der Waals surface area contributed by atoms with Gasteiger partial charge in [0, 0.05) is 17.6 Å². The lowest BCUT2D eigenvalue weighted by Gasteiger charge is -2.13. The van der Waals surface area contributed by atoms with Crippen molar-refractivity contribution in [2.24, 2.45) is 0 Å². The van der Waals surface area contributed by atoms with E-state index < -0.39 is 5.97 Å². The smallest absolute Gasteiger partial charge is 0.339 e. The summed E-state index contributed by atoms with van der Waals surface area (Å²) < 4.78 is 5.25. The molecule has 1 heterocycles. The van der Waals surface area contributed by atoms with Gasteiger partial charge >= 0.3 is 5.97 Å². The van der Waals surface area contributed by atoms with Crippen LogP contribution < -0.4 is 5.32 Å². The van der Waals surface area contributed by atoms with E-state index in [-0.39, 0.29) is 18.4 Å². The van der Waals surface area contributed by atoms with E-state index in [1.165, 1.54) is 0 Å². The van der Waals surface area contributed by atoms with Crippen LogP contribution in [0.5, 0.6) is 0 Å². The number of hydrogen-bond acceptors (Lipinski definition) is 4. The molecular weight excluding hydrogens is 352 g/mol. The summed E-state index contributed by atoms with van der Waals surface area (Å²) in [6.45, 7) is 5.99. The number of esters is 1. The van der Waals surface area contributed by atoms with E-state index in [1.807, 2.05) is 69.3 Å². The standard InChI is InChI=1S/C23H24N2O3/c1-15-9-10-21-19(11-15)20(12-17(3)25-21)23(27)28-14-22(26)24-13-16(2)18-7-5-4-6-8-18/h4-12,16H,13-14H2,1-3H3,(H,24,26). The molecule has 1 unspecified atom stereocenters. The number of carbonyl (C=O) groups is 2. The van der Waals surface area contributed by atoms with Gasteiger partial charge in [-0.1, -0.05) is 48.9 Å². The summed E-state index contributed by atoms with van der Waals surface area (Å²) in [6, 6.07) is 17.4. The monoisotopic (exact) mass is 376 g/mol. The van der Waals surface area contributed by atoms with Gasteiger partial charge in [-0.2, -0.15) is 0 Å². The van der Waals surface area contributed by atoms with Crippen molar-refractivity contribution in [3.63, 3.8) is 0 Å². The zero-order valence-corrected chi connectivity index (χ0v) is 16.4. The van der Waals surface area contributed by atoms with E-state index in [9.17, 15) is 9.59 Å². The Morgan fingerprint density at radius 2 is 1.82 bits per heavy atom. The number of carbonyl (C=O) groups excluding carboxylic acids is 2. The Labute approximate surface area is 164 Å². The second-order valence-electron chi connectivity index (χ2n) is 7.02. The molecule has 3 aromatic rings. The van der Waals surface area contributed by atoms with Crippen LogP contribution in [-0.2, 0) is 9.53 Å². The van der Waals surface area contributed by atoms with E-state index >= 15 is 0 Å². The number of amides is 1. The summed E-state index contributed by atoms with van der Waals surface area (Å²) in [5.74, 6) is -0.662. The molecule has 5 heteroatoms. The van der Waals surface area contributed by atoms with Crippen molar-refractivity contribution < 1.29 is 14.3 Å². The lowest BCUT2D eigenvalue weighted by Crippen LogP contribution is -2.31. The predicted molar refractivity (Wildman–Crippen MR) is 109 cm³/mol. The molecule has 0 saturated heterocycles. The number of fused-ring (bicyclic) bond motifs is 1. The van der Waals surface area contributed by atoms with Crippen molar-refractivity contribution in [3.05, 3.63) is 77.0 Å². The highest BCUT2D eigenvalue weighted by atomic mass is 16.5. The molecule has 0 bridgehead atoms. The Bertz CT molecular complexity index is 999. The van der Waals surface area contributed by atoms with Gasteiger partial charge in [-0.15, -0.1) is 0 Å². The quantitative estimate of drug-likeness (QED) is 0.662. The summed E-state index contributed by atoms with van der Waals surface area (Å²) in [4.78, 5) is 29.1. The second-order valence-corrected chi connectivity index (χ2v) is 7.02. The maximum absolute atomic E-state index is 12.6. The molecule has 144 valence electrons. The zero-order valence-electron chi connectivity index (χ0n) is 16.4. The van der Waals surface area contributed by atoms with Gasteiger partial charge in [0.05, 0.1) is 11.1 Å². The molecule has 28 heavy (non-hydrogen) atoms. The first-order valence-corrected chi connectivity index (χ1v) is 9.31. The van der Waals surface area contributed by atoms with Crippen molar-refractivity contribution in [2.75, 3.05) is 13.2 Å². The van der Waals surface area contributed by atoms with E-state index in [2.05, 4.69) is 10.3 Å². The van der Waals surface area contributed by atoms with E-state index in [0.29, 0.717) is 12.1 Å². The number of rotatable bonds is 6. The topological polar surface area (TPSA) is 68.3 Å². The fourth-order valence-electron chi connectivity index (χ4n) is 3.07. The van der Waals surface area contributed by atoms with Gasteiger partial charge in [0.1, 0.15) is 0 Å². The number of ether oxygens (including phenoxy) is 1. The summed E-state index contributed by atoms with van der Waals surface area (Å²) in [5.41, 5.74) is 4.06. The molecule has 0 aliphatic carbocycles. The first kappa shape index (κ1) is 19.5. The van der Waals surface area contributed by atoms with Gasteiger partial charge in [0.25, 0.3) is 5.91 Å². The summed E-state index contributed by atoms with van der Waals surface area (Å²) in [5, 5.41) is 3.55. The number of hydrogen-bond donors (Lipinski definition) is 1. The molecule has 1 aromatic heterocycles. The fraction of sp³-hybridized carbons (Fsp3) is 0.261. The van der Waals surface area contributed by atoms with Crippen LogP contribution in [0.4, 0.5) is 0 Å². The number of aryl methyl sites for hydroxylation is 2. The van der Waals surface area contributed by atoms with Gasteiger partial charge < -0.3 is 10.1 Å². The van der Waals surface area contributed by atoms with Gasteiger partial charge in [-0.05, 0) is 43.5 Å². The lowest BCUT2D eigenvalue weighted by molar-refractivity contribution is -0.124. The van der Waals surface area contributed by atoms with Crippen molar-refractivity contribution in [2.45, 2.75) is 26.7 Å². The van der Waals surface area contributed by atoms with Crippen LogP contribution >= 0.6 is 0 Å². The third kappa shape index (κ3) is 4.74. The van der Waals surface area contributed by atoms with Gasteiger partial charge in [-0.25, -0.2) is 4.79 Å². The zero-order chi connectivity index (χ0) is 20.1. The average Bonchev–Trinajstić information content (AvgIpc) is 2.70. The minimum absolute atomic E-state index is 0.176. The highest BCUT2D eigenvalue weighted by molar-refractivity contribution is 6.04. The van der Waals surface area contributed by atoms with Crippen molar-refractivity contribution in [1.82, 2.24) is 10.3 Å². The Morgan fingerprint density at radius 3 is 2.57 bits per heavy atom. The SMILES string of the molecule is Cc1ccc2nc(C)cc(C(=O)OCC(=O)NCC(C)c3ccccc3)c2c1. The molecule has 1 amide bonds. The van der Waals surface area contributed by atoms with Crippen LogP contribution in [0.2, 0.25) is 0 Å². The Hall–Kier alpha value is -3.21. The maximum Gasteiger partial charge on any atom is 0.339 e. The van der Waals surface area contributed by atoms with Crippen molar-refractivity contribution in [3.8, 4) is 0 Å². The van der Waals surface area contributed by atoms with Gasteiger partial charge in [0.15, 0.2) is 6.61 Å². The molecule has 0 fully saturated rings. The van der Waals surface area contributed by atoms with Crippen molar-refractivity contribution in [1.29, 1.82) is 0 Å². The van der Waals surface area contributed by atoms with Crippen LogP contribution in [0.15, 0.2) is 54.6 Å². The third-order valence-electron chi connectivity index (χ3n) is 4.62. The molecule has 0 saturated carbocycles. The Morgan fingerprint density at radius 1 is 1.07 bits per heavy atom. The van der Waals surface area contributed by atoms with Crippen LogP contribution in [0.25, 0.3) is 10.9 Å². The van der Waals surface area contributed by atoms with E-state index in [0.717, 1.165) is 27.7 Å². The first-order valence-electron chi connectivity index (χ1n) is 9.31. The normalized spacial score (nSPS) is 11.8. The number of pyridine rings is 1. The van der Waals surface area contributed by atoms with E-state index in [1.54, 1.807) is 6.07 Å². The number of nitrogens with zero attached hydrogens (tertiary/aromatic N) is 1. The Balaban J connectivity index is 1.60. The summed E-state index contributed by atoms with van der Waals surface area (Å²) in [7, 11) is 0. The highest BCUT2D eigenvalue weighted by Crippen LogP contribution is 2.21. The molecule has 0 aliphatic rings. The number of benzene rings is 2. The largest absolute Gasteiger partial charge is 0.452 e. The molecule has 1 N–H and O–H groups in total. The summed E-state index contributed by atoms with van der Waals surface area (Å²) >= 11 is 0. The minimum atomic E-state index is -0.521. The van der Waals surface area contributed by atoms with E-state index in [4.69, 9.17) is 4.74 Å². The molecule has 1 atom stereocenters. The third-order valence-corrected chi connectivity index (χ3v) is 4.62. The molecule has 0 radical (unpaired) electrons. The maximum atomic E-state index is 12.6. The molecule has 2 aromatic carbocycles. The number of nitrogens with one attached hydrogen (secondary N) is 1. The lowest BCUT2D eigenvalue weighted by atomic mass is 10.0. The molecule has 5 nitrogen and oxygen atoms in total. The highest BCUT2D eigenvalue weighted by Gasteiger charge is 2.16. The first-order chi connectivity index (χ1) is 13.4. The van der Waals surface area contributed by atoms with Gasteiger partial charge in [0.2, 0.25) is 0 Å². The molecular formula is C23H24N2O3. The Kier molecular flexibility index (Phi) is 6.04. The minimum Gasteiger partial charge on any atom is -0.452 e. The van der Waals surface area contributed by atoms with Crippen LogP contribution in [0.3, 0.4) is 0 Å². The molecule has 0 spiro atoms. The van der Waals surface area contributed by atoms with Crippen LogP contribution in [-0.4, -0.2) is 30.0 Å². The van der Waals surface area contributed by atoms with Gasteiger partial charge in [-0.3, -0.25) is 9.78 Å². The van der Waals surface area contributed by atoms with Crippen LogP contribution in [0, 0.1) is 13.8 Å².